The number of sulfonamides is 1. The molecule has 0 bridgehead atoms. The van der Waals surface area contributed by atoms with Crippen LogP contribution in [0.3, 0.4) is 0 Å². The summed E-state index contributed by atoms with van der Waals surface area (Å²) in [5, 5.41) is 6.40. The molecule has 1 fully saturated rings. The van der Waals surface area contributed by atoms with Gasteiger partial charge in [-0.05, 0) is 45.4 Å². The second-order valence-corrected chi connectivity index (χ2v) is 9.50. The quantitative estimate of drug-likeness (QED) is 0.613. The number of rotatable bonds is 7. The SMILES string of the molecule is Cc1ccc(NC(=O)C(C)OC(=O)Cc2c(C)noc2C)cc1S(=O)(=O)N1CCOCC1. The van der Waals surface area contributed by atoms with Crippen molar-refractivity contribution in [1.29, 1.82) is 0 Å². The Morgan fingerprint density at radius 2 is 1.91 bits per heavy atom. The van der Waals surface area contributed by atoms with Crippen molar-refractivity contribution < 1.29 is 32.0 Å². The van der Waals surface area contributed by atoms with Crippen LogP contribution >= 0.6 is 0 Å². The molecule has 1 aliphatic heterocycles. The molecule has 174 valence electrons. The van der Waals surface area contributed by atoms with Crippen LogP contribution in [-0.4, -0.2) is 62.2 Å². The Morgan fingerprint density at radius 3 is 2.53 bits per heavy atom. The number of carbonyl (C=O) groups excluding carboxylic acids is 2. The third-order valence-electron chi connectivity index (χ3n) is 5.22. The summed E-state index contributed by atoms with van der Waals surface area (Å²) >= 11 is 0. The molecule has 0 spiro atoms. The summed E-state index contributed by atoms with van der Waals surface area (Å²) < 4.78 is 42.9. The lowest BCUT2D eigenvalue weighted by molar-refractivity contribution is -0.152. The molecule has 32 heavy (non-hydrogen) atoms. The van der Waals surface area contributed by atoms with Gasteiger partial charge in [0.25, 0.3) is 5.91 Å². The summed E-state index contributed by atoms with van der Waals surface area (Å²) in [5.41, 5.74) is 2.07. The van der Waals surface area contributed by atoms with E-state index >= 15 is 0 Å². The highest BCUT2D eigenvalue weighted by Crippen LogP contribution is 2.24. The third-order valence-corrected chi connectivity index (χ3v) is 7.26. The number of esters is 1. The van der Waals surface area contributed by atoms with E-state index in [0.717, 1.165) is 0 Å². The highest BCUT2D eigenvalue weighted by molar-refractivity contribution is 7.89. The Bertz CT molecular complexity index is 1090. The van der Waals surface area contributed by atoms with Crippen molar-refractivity contribution in [3.8, 4) is 0 Å². The number of hydrogen-bond donors (Lipinski definition) is 1. The number of amides is 1. The van der Waals surface area contributed by atoms with E-state index in [2.05, 4.69) is 10.5 Å². The van der Waals surface area contributed by atoms with E-state index in [9.17, 15) is 18.0 Å². The van der Waals surface area contributed by atoms with Crippen LogP contribution in [0.4, 0.5) is 5.69 Å². The van der Waals surface area contributed by atoms with Gasteiger partial charge in [-0.3, -0.25) is 9.59 Å². The van der Waals surface area contributed by atoms with Crippen molar-refractivity contribution in [2.75, 3.05) is 31.6 Å². The van der Waals surface area contributed by atoms with Crippen molar-refractivity contribution in [2.24, 2.45) is 0 Å². The fraction of sp³-hybridized carbons (Fsp3) is 0.476. The highest BCUT2D eigenvalue weighted by Gasteiger charge is 2.28. The highest BCUT2D eigenvalue weighted by atomic mass is 32.2. The van der Waals surface area contributed by atoms with Crippen LogP contribution in [0, 0.1) is 20.8 Å². The lowest BCUT2D eigenvalue weighted by Gasteiger charge is -2.27. The number of hydrogen-bond acceptors (Lipinski definition) is 8. The molecular weight excluding hydrogens is 438 g/mol. The van der Waals surface area contributed by atoms with Gasteiger partial charge in [-0.15, -0.1) is 0 Å². The van der Waals surface area contributed by atoms with Gasteiger partial charge in [-0.25, -0.2) is 8.42 Å². The van der Waals surface area contributed by atoms with Gasteiger partial charge < -0.3 is 19.3 Å². The molecule has 0 saturated carbocycles. The lowest BCUT2D eigenvalue weighted by atomic mass is 10.1. The minimum Gasteiger partial charge on any atom is -0.452 e. The Hall–Kier alpha value is -2.76. The van der Waals surface area contributed by atoms with Gasteiger partial charge in [0.05, 0.1) is 30.2 Å². The van der Waals surface area contributed by atoms with E-state index in [0.29, 0.717) is 41.5 Å². The first-order valence-electron chi connectivity index (χ1n) is 10.2. The predicted octanol–water partition coefficient (Wildman–Crippen LogP) is 1.73. The molecule has 2 aromatic rings. The minimum absolute atomic E-state index is 0.0642. The van der Waals surface area contributed by atoms with Crippen molar-refractivity contribution in [3.63, 3.8) is 0 Å². The maximum atomic E-state index is 13.0. The van der Waals surface area contributed by atoms with Gasteiger partial charge in [-0.1, -0.05) is 11.2 Å². The van der Waals surface area contributed by atoms with Crippen molar-refractivity contribution >= 4 is 27.6 Å². The van der Waals surface area contributed by atoms with Gasteiger partial charge in [-0.2, -0.15) is 4.31 Å². The van der Waals surface area contributed by atoms with E-state index in [-0.39, 0.29) is 24.4 Å². The molecule has 1 N–H and O–H groups in total. The molecule has 0 radical (unpaired) electrons. The summed E-state index contributed by atoms with van der Waals surface area (Å²) in [4.78, 5) is 24.9. The molecule has 1 amide bonds. The third kappa shape index (κ3) is 5.34. The second-order valence-electron chi connectivity index (χ2n) is 7.60. The van der Waals surface area contributed by atoms with Gasteiger partial charge in [0, 0.05) is 24.3 Å². The Kier molecular flexibility index (Phi) is 7.32. The summed E-state index contributed by atoms with van der Waals surface area (Å²) in [6.45, 7) is 7.77. The second kappa shape index (κ2) is 9.80. The zero-order valence-electron chi connectivity index (χ0n) is 18.5. The Morgan fingerprint density at radius 1 is 1.22 bits per heavy atom. The number of carbonyl (C=O) groups is 2. The number of aryl methyl sites for hydroxylation is 3. The first-order valence-corrected chi connectivity index (χ1v) is 11.6. The molecule has 1 saturated heterocycles. The van der Waals surface area contributed by atoms with Crippen LogP contribution in [0.2, 0.25) is 0 Å². The molecule has 1 aliphatic rings. The molecule has 2 heterocycles. The predicted molar refractivity (Wildman–Crippen MR) is 115 cm³/mol. The molecule has 10 nitrogen and oxygen atoms in total. The normalized spacial score (nSPS) is 15.9. The number of morpholine rings is 1. The fourth-order valence-electron chi connectivity index (χ4n) is 3.32. The summed E-state index contributed by atoms with van der Waals surface area (Å²) in [5.74, 6) is -0.651. The number of nitrogens with one attached hydrogen (secondary N) is 1. The van der Waals surface area contributed by atoms with Crippen LogP contribution in [0.1, 0.15) is 29.5 Å². The summed E-state index contributed by atoms with van der Waals surface area (Å²) in [6.07, 6.45) is -1.14. The average molecular weight is 466 g/mol. The standard InChI is InChI=1S/C21H27N3O7S/c1-13-5-6-17(11-19(13)32(27,28)24-7-9-29-10-8-24)22-21(26)16(4)30-20(25)12-18-14(2)23-31-15(18)3/h5-6,11,16H,7-10,12H2,1-4H3,(H,22,26). The molecule has 1 unspecified atom stereocenters. The van der Waals surface area contributed by atoms with Crippen LogP contribution in [0.15, 0.2) is 27.6 Å². The van der Waals surface area contributed by atoms with Crippen molar-refractivity contribution in [3.05, 3.63) is 40.8 Å². The summed E-state index contributed by atoms with van der Waals surface area (Å²) in [6, 6.07) is 4.64. The van der Waals surface area contributed by atoms with Gasteiger partial charge in [0.15, 0.2) is 6.10 Å². The van der Waals surface area contributed by atoms with E-state index < -0.39 is 28.0 Å². The molecular formula is C21H27N3O7S. The van der Waals surface area contributed by atoms with Crippen molar-refractivity contribution in [1.82, 2.24) is 9.46 Å². The maximum absolute atomic E-state index is 13.0. The zero-order chi connectivity index (χ0) is 23.5. The number of anilines is 1. The first-order chi connectivity index (χ1) is 15.1. The van der Waals surface area contributed by atoms with Gasteiger partial charge in [0.1, 0.15) is 5.76 Å². The lowest BCUT2D eigenvalue weighted by Crippen LogP contribution is -2.40. The smallest absolute Gasteiger partial charge is 0.311 e. The topological polar surface area (TPSA) is 128 Å². The Labute approximate surface area is 186 Å². The van der Waals surface area contributed by atoms with E-state index in [1.54, 1.807) is 32.9 Å². The molecule has 3 rings (SSSR count). The molecule has 1 atom stereocenters. The van der Waals surface area contributed by atoms with Gasteiger partial charge >= 0.3 is 5.97 Å². The summed E-state index contributed by atoms with van der Waals surface area (Å²) in [7, 11) is -3.73. The number of aromatic nitrogens is 1. The van der Waals surface area contributed by atoms with Crippen LogP contribution in [-0.2, 0) is 35.5 Å². The first kappa shape index (κ1) is 23.9. The zero-order valence-corrected chi connectivity index (χ0v) is 19.3. The number of nitrogens with zero attached hydrogens (tertiary/aromatic N) is 2. The van der Waals surface area contributed by atoms with Crippen LogP contribution in [0.25, 0.3) is 0 Å². The average Bonchev–Trinajstić information content (AvgIpc) is 3.07. The van der Waals surface area contributed by atoms with Crippen LogP contribution in [0.5, 0.6) is 0 Å². The van der Waals surface area contributed by atoms with E-state index in [4.69, 9.17) is 14.0 Å². The fourth-order valence-corrected chi connectivity index (χ4v) is 4.98. The molecule has 11 heteroatoms. The Balaban J connectivity index is 1.67. The maximum Gasteiger partial charge on any atom is 0.311 e. The molecule has 1 aromatic heterocycles. The largest absolute Gasteiger partial charge is 0.452 e. The monoisotopic (exact) mass is 465 g/mol. The van der Waals surface area contributed by atoms with E-state index in [1.807, 2.05) is 0 Å². The molecule has 1 aromatic carbocycles. The van der Waals surface area contributed by atoms with E-state index in [1.165, 1.54) is 17.3 Å². The number of benzene rings is 1. The van der Waals surface area contributed by atoms with Gasteiger partial charge in [0.2, 0.25) is 10.0 Å². The minimum atomic E-state index is -3.73. The molecule has 0 aliphatic carbocycles. The number of ether oxygens (including phenoxy) is 2. The van der Waals surface area contributed by atoms with Crippen molar-refractivity contribution in [2.45, 2.75) is 45.1 Å². The van der Waals surface area contributed by atoms with Crippen LogP contribution < -0.4 is 5.32 Å².